The second kappa shape index (κ2) is 9.12. The van der Waals surface area contributed by atoms with E-state index >= 15 is 0 Å². The summed E-state index contributed by atoms with van der Waals surface area (Å²) in [5.41, 5.74) is 0.214. The van der Waals surface area contributed by atoms with E-state index in [9.17, 15) is 13.2 Å². The summed E-state index contributed by atoms with van der Waals surface area (Å²) in [6, 6.07) is 4.28. The Morgan fingerprint density at radius 3 is 2.69 bits per heavy atom. The molecule has 1 fully saturated rings. The fourth-order valence-corrected chi connectivity index (χ4v) is 4.04. The minimum atomic E-state index is -3.95. The zero-order valence-corrected chi connectivity index (χ0v) is 16.6. The van der Waals surface area contributed by atoms with Gasteiger partial charge >= 0.3 is 0 Å². The van der Waals surface area contributed by atoms with E-state index in [0.29, 0.717) is 24.2 Å². The van der Waals surface area contributed by atoms with Crippen LogP contribution in [0.4, 0.5) is 0 Å². The van der Waals surface area contributed by atoms with Crippen LogP contribution in [0.25, 0.3) is 0 Å². The number of amides is 1. The maximum atomic E-state index is 12.4. The maximum Gasteiger partial charge on any atom is 0.266 e. The van der Waals surface area contributed by atoms with Crippen LogP contribution in [0.15, 0.2) is 23.1 Å². The van der Waals surface area contributed by atoms with Crippen LogP contribution >= 0.6 is 11.6 Å². The van der Waals surface area contributed by atoms with Crippen molar-refractivity contribution in [2.45, 2.75) is 17.9 Å². The lowest BCUT2D eigenvalue weighted by atomic mass is 10.2. The Morgan fingerprint density at radius 2 is 2.08 bits per heavy atom. The van der Waals surface area contributed by atoms with Gasteiger partial charge in [0.2, 0.25) is 0 Å². The Labute approximate surface area is 159 Å². The van der Waals surface area contributed by atoms with Crippen molar-refractivity contribution in [2.24, 2.45) is 0 Å². The molecule has 1 aromatic carbocycles. The molecule has 1 unspecified atom stereocenters. The van der Waals surface area contributed by atoms with Crippen LogP contribution in [0.3, 0.4) is 0 Å². The molecular weight excluding hydrogens is 382 g/mol. The molecule has 1 heterocycles. The van der Waals surface area contributed by atoms with Gasteiger partial charge in [0.25, 0.3) is 15.9 Å². The molecule has 1 N–H and O–H groups in total. The Bertz CT molecular complexity index is 737. The maximum absolute atomic E-state index is 12.4. The van der Waals surface area contributed by atoms with Gasteiger partial charge in [-0.3, -0.25) is 14.5 Å². The third-order valence-corrected chi connectivity index (χ3v) is 6.46. The lowest BCUT2D eigenvalue weighted by molar-refractivity contribution is -0.0258. The Morgan fingerprint density at radius 1 is 1.42 bits per heavy atom. The molecule has 0 bridgehead atoms. The summed E-state index contributed by atoms with van der Waals surface area (Å²) in [5.74, 6) is -0.363. The van der Waals surface area contributed by atoms with Gasteiger partial charge in [-0.1, -0.05) is 16.1 Å². The summed E-state index contributed by atoms with van der Waals surface area (Å²) < 4.78 is 30.8. The predicted octanol–water partition coefficient (Wildman–Crippen LogP) is 0.972. The van der Waals surface area contributed by atoms with E-state index in [2.05, 4.69) is 10.2 Å². The van der Waals surface area contributed by atoms with Gasteiger partial charge < -0.3 is 10.1 Å². The number of morpholine rings is 1. The van der Waals surface area contributed by atoms with Crippen LogP contribution in [0, 0.1) is 0 Å². The number of hydroxylamine groups is 1. The van der Waals surface area contributed by atoms with Gasteiger partial charge in [-0.25, -0.2) is 8.42 Å². The molecule has 146 valence electrons. The van der Waals surface area contributed by atoms with Crippen molar-refractivity contribution < 1.29 is 22.8 Å². The topological polar surface area (TPSA) is 88.2 Å². The number of hydrogen-bond donors (Lipinski definition) is 1. The standard InChI is InChI=1S/C16H24ClN3O5S/c1-12(20-6-8-25-9-7-20)11-18-16(21)13-4-5-14(17)15(10-13)26(22,23)19(2)24-3/h4-5,10,12H,6-9,11H2,1-3H3,(H,18,21). The summed E-state index contributed by atoms with van der Waals surface area (Å²) in [6.45, 7) is 5.49. The average Bonchev–Trinajstić information content (AvgIpc) is 2.65. The fraction of sp³-hybridized carbons (Fsp3) is 0.562. The molecule has 0 spiro atoms. The molecule has 0 radical (unpaired) electrons. The number of sulfonamides is 1. The zero-order valence-electron chi connectivity index (χ0n) is 15.1. The van der Waals surface area contributed by atoms with Crippen LogP contribution < -0.4 is 5.32 Å². The third kappa shape index (κ3) is 4.93. The number of carbonyl (C=O) groups is 1. The van der Waals surface area contributed by atoms with Gasteiger partial charge in [0.15, 0.2) is 0 Å². The lowest BCUT2D eigenvalue weighted by Gasteiger charge is -2.32. The number of benzene rings is 1. The Balaban J connectivity index is 2.08. The molecule has 1 aromatic rings. The first-order valence-electron chi connectivity index (χ1n) is 8.20. The van der Waals surface area contributed by atoms with Gasteiger partial charge in [0, 0.05) is 38.3 Å². The predicted molar refractivity (Wildman–Crippen MR) is 97.6 cm³/mol. The molecule has 10 heteroatoms. The first-order valence-corrected chi connectivity index (χ1v) is 10.0. The highest BCUT2D eigenvalue weighted by atomic mass is 35.5. The van der Waals surface area contributed by atoms with E-state index in [1.54, 1.807) is 0 Å². The van der Waals surface area contributed by atoms with E-state index in [4.69, 9.17) is 21.2 Å². The minimum Gasteiger partial charge on any atom is -0.379 e. The van der Waals surface area contributed by atoms with Crippen molar-refractivity contribution in [3.05, 3.63) is 28.8 Å². The third-order valence-electron chi connectivity index (χ3n) is 4.29. The van der Waals surface area contributed by atoms with Crippen LogP contribution in [0.5, 0.6) is 0 Å². The molecule has 26 heavy (non-hydrogen) atoms. The Hall–Kier alpha value is -1.23. The SMILES string of the molecule is CON(C)S(=O)(=O)c1cc(C(=O)NCC(C)N2CCOCC2)ccc1Cl. The fourth-order valence-electron chi connectivity index (χ4n) is 2.57. The van der Waals surface area contributed by atoms with E-state index in [1.807, 2.05) is 6.92 Å². The van der Waals surface area contributed by atoms with Gasteiger partial charge in [0.05, 0.1) is 25.3 Å². The molecule has 2 rings (SSSR count). The van der Waals surface area contributed by atoms with Crippen molar-refractivity contribution in [1.82, 2.24) is 14.7 Å². The number of nitrogens with one attached hydrogen (secondary N) is 1. The van der Waals surface area contributed by atoms with Crippen molar-refractivity contribution in [3.63, 3.8) is 0 Å². The number of carbonyl (C=O) groups excluding carboxylic acids is 1. The first kappa shape index (κ1) is 21.1. The van der Waals surface area contributed by atoms with Gasteiger partial charge in [-0.2, -0.15) is 0 Å². The van der Waals surface area contributed by atoms with Gasteiger partial charge in [0.1, 0.15) is 4.90 Å². The second-order valence-corrected chi connectivity index (χ2v) is 8.26. The summed E-state index contributed by atoms with van der Waals surface area (Å²) >= 11 is 6.00. The molecule has 1 saturated heterocycles. The smallest absolute Gasteiger partial charge is 0.266 e. The minimum absolute atomic E-state index is 0.0205. The van der Waals surface area contributed by atoms with Gasteiger partial charge in [-0.05, 0) is 25.1 Å². The zero-order chi connectivity index (χ0) is 19.3. The molecular formula is C16H24ClN3O5S. The average molecular weight is 406 g/mol. The van der Waals surface area contributed by atoms with Crippen LogP contribution in [-0.2, 0) is 19.6 Å². The van der Waals surface area contributed by atoms with Gasteiger partial charge in [-0.15, -0.1) is 0 Å². The number of nitrogens with zero attached hydrogens (tertiary/aromatic N) is 2. The van der Waals surface area contributed by atoms with Crippen LogP contribution in [0.2, 0.25) is 5.02 Å². The molecule has 1 amide bonds. The lowest BCUT2D eigenvalue weighted by Crippen LogP contribution is -2.47. The second-order valence-electron chi connectivity index (χ2n) is 5.95. The summed E-state index contributed by atoms with van der Waals surface area (Å²) in [6.07, 6.45) is 0. The molecule has 0 aromatic heterocycles. The molecule has 1 aliphatic rings. The molecule has 1 aliphatic heterocycles. The Kier molecular flexibility index (Phi) is 7.39. The molecule has 0 aliphatic carbocycles. The van der Waals surface area contributed by atoms with Crippen molar-refractivity contribution >= 4 is 27.5 Å². The normalized spacial score (nSPS) is 17.3. The van der Waals surface area contributed by atoms with E-state index in [-0.39, 0.29) is 27.4 Å². The van der Waals surface area contributed by atoms with E-state index < -0.39 is 10.0 Å². The van der Waals surface area contributed by atoms with E-state index in [1.165, 1.54) is 32.4 Å². The molecule has 0 saturated carbocycles. The highest BCUT2D eigenvalue weighted by Crippen LogP contribution is 2.25. The largest absolute Gasteiger partial charge is 0.379 e. The molecule has 8 nitrogen and oxygen atoms in total. The number of halogens is 1. The summed E-state index contributed by atoms with van der Waals surface area (Å²) in [4.78, 5) is 19.2. The van der Waals surface area contributed by atoms with Crippen molar-refractivity contribution in [1.29, 1.82) is 0 Å². The highest BCUT2D eigenvalue weighted by molar-refractivity contribution is 7.89. The first-order chi connectivity index (χ1) is 12.3. The van der Waals surface area contributed by atoms with E-state index in [0.717, 1.165) is 13.1 Å². The number of rotatable bonds is 7. The van der Waals surface area contributed by atoms with Crippen LogP contribution in [-0.4, -0.2) is 76.7 Å². The van der Waals surface area contributed by atoms with Crippen LogP contribution in [0.1, 0.15) is 17.3 Å². The molecule has 1 atom stereocenters. The summed E-state index contributed by atoms with van der Waals surface area (Å²) in [7, 11) is -1.46. The monoisotopic (exact) mass is 405 g/mol. The highest BCUT2D eigenvalue weighted by Gasteiger charge is 2.25. The summed E-state index contributed by atoms with van der Waals surface area (Å²) in [5, 5.41) is 2.85. The number of hydrogen-bond acceptors (Lipinski definition) is 6. The van der Waals surface area contributed by atoms with Crippen molar-refractivity contribution in [3.8, 4) is 0 Å². The quantitative estimate of drug-likeness (QED) is 0.680. The number of ether oxygens (including phenoxy) is 1. The van der Waals surface area contributed by atoms with Crippen molar-refractivity contribution in [2.75, 3.05) is 47.0 Å².